The van der Waals surface area contributed by atoms with Crippen LogP contribution in [-0.2, 0) is 11.4 Å². The Morgan fingerprint density at radius 2 is 1.74 bits per heavy atom. The van der Waals surface area contributed by atoms with E-state index in [0.717, 1.165) is 54.8 Å². The molecule has 0 N–H and O–H groups in total. The van der Waals surface area contributed by atoms with Crippen molar-refractivity contribution in [3.05, 3.63) is 63.3 Å². The van der Waals surface area contributed by atoms with Crippen LogP contribution in [0.15, 0.2) is 46.3 Å². The SMILES string of the molecule is COc1cc(C=C2SC(=NC3CCCCC3)N(C3CCCCC3)C2=O)cc(Cl)c1OCc1ccc(F)cc1. The Morgan fingerprint density at radius 1 is 1.05 bits per heavy atom. The summed E-state index contributed by atoms with van der Waals surface area (Å²) in [7, 11) is 1.56. The molecule has 0 spiro atoms. The average molecular weight is 557 g/mol. The molecule has 2 saturated carbocycles. The molecule has 0 radical (unpaired) electrons. The number of amides is 1. The van der Waals surface area contributed by atoms with Crippen molar-refractivity contribution < 1.29 is 18.7 Å². The molecule has 0 aromatic heterocycles. The highest BCUT2D eigenvalue weighted by atomic mass is 35.5. The molecule has 3 aliphatic rings. The topological polar surface area (TPSA) is 51.1 Å². The molecule has 38 heavy (non-hydrogen) atoms. The second kappa shape index (κ2) is 12.6. The first-order valence-electron chi connectivity index (χ1n) is 13.6. The third kappa shape index (κ3) is 6.37. The highest BCUT2D eigenvalue weighted by Gasteiger charge is 2.39. The smallest absolute Gasteiger partial charge is 0.266 e. The van der Waals surface area contributed by atoms with Gasteiger partial charge in [0.2, 0.25) is 0 Å². The van der Waals surface area contributed by atoms with E-state index in [0.29, 0.717) is 27.5 Å². The molecule has 8 heteroatoms. The van der Waals surface area contributed by atoms with Crippen LogP contribution < -0.4 is 9.47 Å². The normalized spacial score (nSPS) is 21.4. The minimum Gasteiger partial charge on any atom is -0.493 e. The largest absolute Gasteiger partial charge is 0.493 e. The fraction of sp³-hybridized carbons (Fsp3) is 0.467. The standard InChI is InChI=1S/C30H34ClFN2O3S/c1-36-26-17-21(16-25(31)28(26)37-19-20-12-14-22(32)15-13-20)18-27-29(35)34(24-10-6-3-7-11-24)30(38-27)33-23-8-4-2-5-9-23/h12-18,23-24H,2-11,19H2,1H3. The van der Waals surface area contributed by atoms with Gasteiger partial charge >= 0.3 is 0 Å². The number of carbonyl (C=O) groups excluding carboxylic acids is 1. The second-order valence-electron chi connectivity index (χ2n) is 10.2. The monoisotopic (exact) mass is 556 g/mol. The fourth-order valence-corrected chi connectivity index (χ4v) is 6.84. The van der Waals surface area contributed by atoms with E-state index < -0.39 is 0 Å². The molecule has 1 saturated heterocycles. The third-order valence-electron chi connectivity index (χ3n) is 7.49. The summed E-state index contributed by atoms with van der Waals surface area (Å²) in [5.74, 6) is 0.620. The van der Waals surface area contributed by atoms with Crippen molar-refractivity contribution in [3.63, 3.8) is 0 Å². The number of nitrogens with zero attached hydrogens (tertiary/aromatic N) is 2. The van der Waals surface area contributed by atoms with E-state index in [-0.39, 0.29) is 24.4 Å². The van der Waals surface area contributed by atoms with Crippen LogP contribution in [0.5, 0.6) is 11.5 Å². The maximum atomic E-state index is 13.7. The molecule has 5 nitrogen and oxygen atoms in total. The molecule has 1 amide bonds. The Labute approximate surface area is 233 Å². The van der Waals surface area contributed by atoms with Crippen LogP contribution in [0.4, 0.5) is 4.39 Å². The first-order chi connectivity index (χ1) is 18.5. The van der Waals surface area contributed by atoms with E-state index in [2.05, 4.69) is 0 Å². The summed E-state index contributed by atoms with van der Waals surface area (Å²) in [5, 5.41) is 1.24. The van der Waals surface area contributed by atoms with Crippen molar-refractivity contribution >= 4 is 40.5 Å². The molecule has 0 unspecified atom stereocenters. The summed E-state index contributed by atoms with van der Waals surface area (Å²) >= 11 is 8.10. The summed E-state index contributed by atoms with van der Waals surface area (Å²) in [5.41, 5.74) is 1.58. The molecule has 2 aromatic rings. The van der Waals surface area contributed by atoms with Gasteiger partial charge in [-0.2, -0.15) is 0 Å². The van der Waals surface area contributed by atoms with E-state index in [1.165, 1.54) is 49.6 Å². The summed E-state index contributed by atoms with van der Waals surface area (Å²) in [6, 6.07) is 10.3. The molecule has 2 aliphatic carbocycles. The quantitative estimate of drug-likeness (QED) is 0.324. The van der Waals surface area contributed by atoms with Crippen LogP contribution in [0.25, 0.3) is 6.08 Å². The molecule has 0 bridgehead atoms. The van der Waals surface area contributed by atoms with Gasteiger partial charge in [-0.05, 0) is 78.9 Å². The first-order valence-corrected chi connectivity index (χ1v) is 14.8. The van der Waals surface area contributed by atoms with Gasteiger partial charge in [-0.15, -0.1) is 0 Å². The Morgan fingerprint density at radius 3 is 2.42 bits per heavy atom. The van der Waals surface area contributed by atoms with Crippen LogP contribution in [0, 0.1) is 5.82 Å². The molecular formula is C30H34ClFN2O3S. The van der Waals surface area contributed by atoms with E-state index in [1.54, 1.807) is 25.3 Å². The summed E-state index contributed by atoms with van der Waals surface area (Å²) in [6.45, 7) is 0.225. The Bertz CT molecular complexity index is 1200. The number of methoxy groups -OCH3 is 1. The number of hydrogen-bond donors (Lipinski definition) is 0. The molecule has 0 atom stereocenters. The Hall–Kier alpha value is -2.51. The average Bonchev–Trinajstić information content (AvgIpc) is 3.23. The van der Waals surface area contributed by atoms with Crippen LogP contribution in [0.1, 0.15) is 75.3 Å². The van der Waals surface area contributed by atoms with Crippen LogP contribution in [0.2, 0.25) is 5.02 Å². The van der Waals surface area contributed by atoms with E-state index >= 15 is 0 Å². The highest BCUT2D eigenvalue weighted by molar-refractivity contribution is 8.18. The van der Waals surface area contributed by atoms with Gasteiger partial charge in [0.25, 0.3) is 5.91 Å². The lowest BCUT2D eigenvalue weighted by Crippen LogP contribution is -2.41. The predicted molar refractivity (Wildman–Crippen MR) is 152 cm³/mol. The molecule has 1 aliphatic heterocycles. The molecule has 1 heterocycles. The molecular weight excluding hydrogens is 523 g/mol. The number of halogens is 2. The van der Waals surface area contributed by atoms with Crippen LogP contribution >= 0.6 is 23.4 Å². The van der Waals surface area contributed by atoms with Crippen molar-refractivity contribution in [2.75, 3.05) is 7.11 Å². The lowest BCUT2D eigenvalue weighted by molar-refractivity contribution is -0.124. The van der Waals surface area contributed by atoms with Crippen molar-refractivity contribution in [3.8, 4) is 11.5 Å². The van der Waals surface area contributed by atoms with E-state index in [1.807, 2.05) is 17.0 Å². The van der Waals surface area contributed by atoms with E-state index in [9.17, 15) is 9.18 Å². The van der Waals surface area contributed by atoms with Gasteiger partial charge in [-0.3, -0.25) is 14.7 Å². The second-order valence-corrected chi connectivity index (χ2v) is 11.6. The number of benzene rings is 2. The zero-order valence-corrected chi connectivity index (χ0v) is 23.3. The number of rotatable bonds is 7. The maximum Gasteiger partial charge on any atom is 0.266 e. The zero-order valence-electron chi connectivity index (χ0n) is 21.8. The summed E-state index contributed by atoms with van der Waals surface area (Å²) < 4.78 is 24.7. The fourth-order valence-electron chi connectivity index (χ4n) is 5.45. The van der Waals surface area contributed by atoms with Gasteiger partial charge in [0, 0.05) is 6.04 Å². The Balaban J connectivity index is 1.39. The van der Waals surface area contributed by atoms with Crippen LogP contribution in [0.3, 0.4) is 0 Å². The lowest BCUT2D eigenvalue weighted by atomic mass is 9.94. The minimum absolute atomic E-state index is 0.0307. The lowest BCUT2D eigenvalue weighted by Gasteiger charge is -2.31. The number of thioether (sulfide) groups is 1. The number of carbonyl (C=O) groups is 1. The minimum atomic E-state index is -0.296. The van der Waals surface area contributed by atoms with Crippen molar-refractivity contribution in [1.82, 2.24) is 4.90 Å². The van der Waals surface area contributed by atoms with Gasteiger partial charge in [0.1, 0.15) is 12.4 Å². The molecule has 5 rings (SSSR count). The third-order valence-corrected chi connectivity index (χ3v) is 8.77. The first kappa shape index (κ1) is 27.1. The number of ether oxygens (including phenoxy) is 2. The molecule has 3 fully saturated rings. The van der Waals surface area contributed by atoms with Gasteiger partial charge in [-0.1, -0.05) is 62.3 Å². The molecule has 2 aromatic carbocycles. The molecule has 202 valence electrons. The van der Waals surface area contributed by atoms with Crippen molar-refractivity contribution in [2.45, 2.75) is 82.9 Å². The number of hydrogen-bond acceptors (Lipinski definition) is 5. The van der Waals surface area contributed by atoms with Gasteiger partial charge in [0.15, 0.2) is 16.7 Å². The number of amidine groups is 1. The number of aliphatic imine (C=N–C) groups is 1. The summed E-state index contributed by atoms with van der Waals surface area (Å²) in [6.07, 6.45) is 13.4. The van der Waals surface area contributed by atoms with E-state index in [4.69, 9.17) is 26.1 Å². The van der Waals surface area contributed by atoms with Gasteiger partial charge in [0.05, 0.1) is 23.1 Å². The predicted octanol–water partition coefficient (Wildman–Crippen LogP) is 8.00. The Kier molecular flexibility index (Phi) is 8.95. The zero-order chi connectivity index (χ0) is 26.5. The van der Waals surface area contributed by atoms with Crippen molar-refractivity contribution in [2.24, 2.45) is 4.99 Å². The summed E-state index contributed by atoms with van der Waals surface area (Å²) in [4.78, 5) is 21.4. The van der Waals surface area contributed by atoms with Gasteiger partial charge in [-0.25, -0.2) is 4.39 Å². The van der Waals surface area contributed by atoms with Crippen molar-refractivity contribution in [1.29, 1.82) is 0 Å². The highest BCUT2D eigenvalue weighted by Crippen LogP contribution is 2.41. The maximum absolute atomic E-state index is 13.7. The van der Waals surface area contributed by atoms with Gasteiger partial charge < -0.3 is 9.47 Å². The van der Waals surface area contributed by atoms with Crippen LogP contribution in [-0.4, -0.2) is 35.2 Å².